The Hall–Kier alpha value is -2.32. The molecule has 1 heterocycles. The number of ether oxygens (including phenoxy) is 3. The van der Waals surface area contributed by atoms with Crippen LogP contribution in [0.3, 0.4) is 0 Å². The second kappa shape index (κ2) is 9.40. The number of hydrogen-bond donors (Lipinski definition) is 1. The molecule has 1 N–H and O–H groups in total. The minimum Gasteiger partial charge on any atom is -0.497 e. The van der Waals surface area contributed by atoms with E-state index in [2.05, 4.69) is 0 Å². The van der Waals surface area contributed by atoms with Gasteiger partial charge in [0.1, 0.15) is 11.5 Å². The van der Waals surface area contributed by atoms with Gasteiger partial charge in [0.25, 0.3) is 0 Å². The number of aliphatic carboxylic acids is 1. The van der Waals surface area contributed by atoms with Crippen molar-refractivity contribution in [3.63, 3.8) is 0 Å². The van der Waals surface area contributed by atoms with Gasteiger partial charge in [-0.05, 0) is 25.2 Å². The molecule has 1 aromatic rings. The first-order chi connectivity index (χ1) is 12.4. The van der Waals surface area contributed by atoms with E-state index in [0.29, 0.717) is 37.7 Å². The number of hydrogen-bond acceptors (Lipinski definition) is 6. The van der Waals surface area contributed by atoms with Crippen LogP contribution in [0.5, 0.6) is 11.5 Å². The van der Waals surface area contributed by atoms with Gasteiger partial charge in [0.2, 0.25) is 5.91 Å². The minimum absolute atomic E-state index is 0.0225. The summed E-state index contributed by atoms with van der Waals surface area (Å²) < 4.78 is 16.2. The molecule has 26 heavy (non-hydrogen) atoms. The smallest absolute Gasteiger partial charge is 0.317 e. The molecule has 1 aliphatic rings. The maximum Gasteiger partial charge on any atom is 0.317 e. The van der Waals surface area contributed by atoms with E-state index in [-0.39, 0.29) is 25.0 Å². The number of nitrogens with zero attached hydrogens (tertiary/aromatic N) is 2. The fraction of sp³-hybridized carbons (Fsp3) is 0.556. The first kappa shape index (κ1) is 20.0. The SMILES string of the molecule is COc1ccc(OC)c(CC(=O)N2CCOC(CN(C)CC(=O)O)C2)c1. The third kappa shape index (κ3) is 5.60. The highest BCUT2D eigenvalue weighted by Gasteiger charge is 2.26. The standard InChI is InChI=1S/C18H26N2O6/c1-19(12-18(22)23)10-15-11-20(6-7-26-15)17(21)9-13-8-14(24-2)4-5-16(13)25-3/h4-5,8,15H,6-7,9-12H2,1-3H3,(H,22,23). The number of amides is 1. The predicted molar refractivity (Wildman–Crippen MR) is 94.7 cm³/mol. The van der Waals surface area contributed by atoms with Crippen molar-refractivity contribution in [3.05, 3.63) is 23.8 Å². The van der Waals surface area contributed by atoms with E-state index >= 15 is 0 Å². The molecule has 0 spiro atoms. The van der Waals surface area contributed by atoms with Gasteiger partial charge in [0.05, 0.1) is 39.9 Å². The van der Waals surface area contributed by atoms with Crippen molar-refractivity contribution in [2.75, 3.05) is 54.1 Å². The minimum atomic E-state index is -0.888. The molecule has 144 valence electrons. The van der Waals surface area contributed by atoms with Crippen molar-refractivity contribution >= 4 is 11.9 Å². The molecule has 0 radical (unpaired) electrons. The summed E-state index contributed by atoms with van der Waals surface area (Å²) in [6.45, 7) is 1.79. The molecule has 1 aromatic carbocycles. The first-order valence-corrected chi connectivity index (χ1v) is 8.43. The molecule has 8 heteroatoms. The zero-order valence-corrected chi connectivity index (χ0v) is 15.4. The summed E-state index contributed by atoms with van der Waals surface area (Å²) in [7, 11) is 4.87. The van der Waals surface area contributed by atoms with Gasteiger partial charge in [-0.25, -0.2) is 0 Å². The van der Waals surface area contributed by atoms with Crippen LogP contribution in [0.15, 0.2) is 18.2 Å². The maximum atomic E-state index is 12.7. The Morgan fingerprint density at radius 3 is 2.77 bits per heavy atom. The second-order valence-corrected chi connectivity index (χ2v) is 6.28. The van der Waals surface area contributed by atoms with Gasteiger partial charge >= 0.3 is 5.97 Å². The zero-order chi connectivity index (χ0) is 19.1. The van der Waals surface area contributed by atoms with E-state index in [1.54, 1.807) is 49.3 Å². The molecule has 1 fully saturated rings. The maximum absolute atomic E-state index is 12.7. The number of carbonyl (C=O) groups is 2. The van der Waals surface area contributed by atoms with Gasteiger partial charge in [-0.15, -0.1) is 0 Å². The molecule has 2 rings (SSSR count). The van der Waals surface area contributed by atoms with Crippen LogP contribution >= 0.6 is 0 Å². The van der Waals surface area contributed by atoms with Gasteiger partial charge in [0.15, 0.2) is 0 Å². The van der Waals surface area contributed by atoms with Crippen LogP contribution in [0, 0.1) is 0 Å². The fourth-order valence-corrected chi connectivity index (χ4v) is 2.99. The van der Waals surface area contributed by atoms with Crippen LogP contribution in [0.4, 0.5) is 0 Å². The van der Waals surface area contributed by atoms with Crippen molar-refractivity contribution in [2.24, 2.45) is 0 Å². The lowest BCUT2D eigenvalue weighted by molar-refractivity contribution is -0.142. The highest BCUT2D eigenvalue weighted by molar-refractivity contribution is 5.80. The molecule has 1 atom stereocenters. The first-order valence-electron chi connectivity index (χ1n) is 8.43. The topological polar surface area (TPSA) is 88.5 Å². The third-order valence-electron chi connectivity index (χ3n) is 4.24. The molecule has 1 unspecified atom stereocenters. The zero-order valence-electron chi connectivity index (χ0n) is 15.4. The third-order valence-corrected chi connectivity index (χ3v) is 4.24. The normalized spacial score (nSPS) is 17.2. The highest BCUT2D eigenvalue weighted by atomic mass is 16.5. The fourth-order valence-electron chi connectivity index (χ4n) is 2.99. The molecule has 0 saturated carbocycles. The quantitative estimate of drug-likeness (QED) is 0.716. The van der Waals surface area contributed by atoms with Crippen LogP contribution in [-0.2, 0) is 20.7 Å². The van der Waals surface area contributed by atoms with Gasteiger partial charge in [-0.3, -0.25) is 14.5 Å². The molecule has 1 aliphatic heterocycles. The Kier molecular flexibility index (Phi) is 7.23. The Bertz CT molecular complexity index is 636. The summed E-state index contributed by atoms with van der Waals surface area (Å²) in [5, 5.41) is 8.84. The number of carboxylic acid groups (broad SMARTS) is 1. The molecule has 8 nitrogen and oxygen atoms in total. The van der Waals surface area contributed by atoms with Gasteiger partial charge in [0, 0.05) is 25.2 Å². The number of methoxy groups -OCH3 is 2. The lowest BCUT2D eigenvalue weighted by Gasteiger charge is -2.34. The van der Waals surface area contributed by atoms with Crippen molar-refractivity contribution in [1.29, 1.82) is 0 Å². The molecule has 1 amide bonds. The number of likely N-dealkylation sites (N-methyl/N-ethyl adjacent to an activating group) is 1. The number of rotatable bonds is 8. The van der Waals surface area contributed by atoms with Crippen LogP contribution in [-0.4, -0.2) is 86.9 Å². The van der Waals surface area contributed by atoms with E-state index in [0.717, 1.165) is 5.56 Å². The van der Waals surface area contributed by atoms with Crippen molar-refractivity contribution in [1.82, 2.24) is 9.80 Å². The lowest BCUT2D eigenvalue weighted by atomic mass is 10.1. The highest BCUT2D eigenvalue weighted by Crippen LogP contribution is 2.25. The number of morpholine rings is 1. The van der Waals surface area contributed by atoms with Crippen LogP contribution in [0.25, 0.3) is 0 Å². The van der Waals surface area contributed by atoms with Crippen LogP contribution in [0.1, 0.15) is 5.56 Å². The molecular weight excluding hydrogens is 340 g/mol. The molecule has 0 aliphatic carbocycles. The van der Waals surface area contributed by atoms with Gasteiger partial charge < -0.3 is 24.2 Å². The second-order valence-electron chi connectivity index (χ2n) is 6.28. The summed E-state index contributed by atoms with van der Waals surface area (Å²) in [6.07, 6.45) is 0.00201. The Labute approximate surface area is 153 Å². The Balaban J connectivity index is 1.98. The van der Waals surface area contributed by atoms with Crippen molar-refractivity contribution < 1.29 is 28.9 Å². The lowest BCUT2D eigenvalue weighted by Crippen LogP contribution is -2.50. The van der Waals surface area contributed by atoms with Gasteiger partial charge in [-0.2, -0.15) is 0 Å². The summed E-state index contributed by atoms with van der Waals surface area (Å²) in [5.74, 6) is 0.404. The summed E-state index contributed by atoms with van der Waals surface area (Å²) >= 11 is 0. The average Bonchev–Trinajstić information content (AvgIpc) is 2.61. The predicted octanol–water partition coefficient (Wildman–Crippen LogP) is 0.490. The van der Waals surface area contributed by atoms with Gasteiger partial charge in [-0.1, -0.05) is 0 Å². The van der Waals surface area contributed by atoms with E-state index in [1.807, 2.05) is 0 Å². The van der Waals surface area contributed by atoms with Crippen molar-refractivity contribution in [2.45, 2.75) is 12.5 Å². The molecule has 0 aromatic heterocycles. The number of carbonyl (C=O) groups excluding carboxylic acids is 1. The summed E-state index contributed by atoms with van der Waals surface area (Å²) in [4.78, 5) is 26.9. The summed E-state index contributed by atoms with van der Waals surface area (Å²) in [5.41, 5.74) is 0.767. The number of benzene rings is 1. The van der Waals surface area contributed by atoms with E-state index in [9.17, 15) is 9.59 Å². The average molecular weight is 366 g/mol. The Morgan fingerprint density at radius 1 is 1.35 bits per heavy atom. The van der Waals surface area contributed by atoms with E-state index < -0.39 is 5.97 Å². The van der Waals surface area contributed by atoms with E-state index in [1.165, 1.54) is 0 Å². The monoisotopic (exact) mass is 366 g/mol. The Morgan fingerprint density at radius 2 is 2.12 bits per heavy atom. The molecule has 0 bridgehead atoms. The molecular formula is C18H26N2O6. The number of carboxylic acids is 1. The van der Waals surface area contributed by atoms with Crippen LogP contribution in [0.2, 0.25) is 0 Å². The largest absolute Gasteiger partial charge is 0.497 e. The summed E-state index contributed by atoms with van der Waals surface area (Å²) in [6, 6.07) is 5.37. The van der Waals surface area contributed by atoms with Crippen molar-refractivity contribution in [3.8, 4) is 11.5 Å². The van der Waals surface area contributed by atoms with E-state index in [4.69, 9.17) is 19.3 Å². The van der Waals surface area contributed by atoms with Crippen LogP contribution < -0.4 is 9.47 Å². The molecule has 1 saturated heterocycles.